The van der Waals surface area contributed by atoms with E-state index in [0.29, 0.717) is 17.5 Å². The van der Waals surface area contributed by atoms with E-state index in [1.165, 1.54) is 19.4 Å². The number of hydrogen-bond donors (Lipinski definition) is 2. The Bertz CT molecular complexity index is 530. The van der Waals surface area contributed by atoms with E-state index in [1.807, 2.05) is 25.1 Å². The first-order valence-corrected chi connectivity index (χ1v) is 8.13. The smallest absolute Gasteiger partial charge is 0.224 e. The van der Waals surface area contributed by atoms with Crippen molar-refractivity contribution in [3.63, 3.8) is 0 Å². The fourth-order valence-electron chi connectivity index (χ4n) is 2.86. The van der Waals surface area contributed by atoms with Crippen LogP contribution in [-0.4, -0.2) is 36.0 Å². The zero-order valence-corrected chi connectivity index (χ0v) is 13.1. The SMILES string of the molecule is CCC(=O)Nc1ccc(Cl)c(NC2CCN(C3CC3)C2)c1. The maximum absolute atomic E-state index is 11.5. The van der Waals surface area contributed by atoms with Crippen molar-refractivity contribution in [1.82, 2.24) is 4.90 Å². The molecule has 1 unspecified atom stereocenters. The number of anilines is 2. The normalized spacial score (nSPS) is 22.3. The van der Waals surface area contributed by atoms with Gasteiger partial charge in [0.25, 0.3) is 0 Å². The first kappa shape index (κ1) is 14.7. The number of rotatable bonds is 5. The van der Waals surface area contributed by atoms with Crippen molar-refractivity contribution >= 4 is 28.9 Å². The summed E-state index contributed by atoms with van der Waals surface area (Å²) in [5, 5.41) is 7.10. The largest absolute Gasteiger partial charge is 0.380 e. The van der Waals surface area contributed by atoms with E-state index in [9.17, 15) is 4.79 Å². The number of nitrogens with one attached hydrogen (secondary N) is 2. The predicted octanol–water partition coefficient (Wildman–Crippen LogP) is 3.34. The summed E-state index contributed by atoms with van der Waals surface area (Å²) in [6.07, 6.45) is 4.33. The minimum atomic E-state index is 0.0176. The Morgan fingerprint density at radius 2 is 2.19 bits per heavy atom. The summed E-state index contributed by atoms with van der Waals surface area (Å²) in [6.45, 7) is 4.11. The van der Waals surface area contributed by atoms with E-state index < -0.39 is 0 Å². The molecule has 0 spiro atoms. The topological polar surface area (TPSA) is 44.4 Å². The third kappa shape index (κ3) is 3.69. The zero-order valence-electron chi connectivity index (χ0n) is 12.4. The predicted molar refractivity (Wildman–Crippen MR) is 87.0 cm³/mol. The maximum atomic E-state index is 11.5. The molecule has 1 atom stereocenters. The molecule has 1 heterocycles. The Balaban J connectivity index is 1.63. The van der Waals surface area contributed by atoms with E-state index >= 15 is 0 Å². The molecule has 1 aromatic carbocycles. The van der Waals surface area contributed by atoms with Crippen LogP contribution in [0.4, 0.5) is 11.4 Å². The number of hydrogen-bond acceptors (Lipinski definition) is 3. The van der Waals surface area contributed by atoms with Crippen LogP contribution >= 0.6 is 11.6 Å². The Labute approximate surface area is 130 Å². The van der Waals surface area contributed by atoms with Crippen LogP contribution in [0.15, 0.2) is 18.2 Å². The Kier molecular flexibility index (Phi) is 4.36. The lowest BCUT2D eigenvalue weighted by Gasteiger charge is -2.18. The first-order chi connectivity index (χ1) is 10.2. The highest BCUT2D eigenvalue weighted by molar-refractivity contribution is 6.33. The average Bonchev–Trinajstić information content (AvgIpc) is 3.23. The fraction of sp³-hybridized carbons (Fsp3) is 0.562. The van der Waals surface area contributed by atoms with E-state index in [2.05, 4.69) is 15.5 Å². The minimum Gasteiger partial charge on any atom is -0.380 e. The number of carbonyl (C=O) groups is 1. The van der Waals surface area contributed by atoms with Crippen LogP contribution in [0.1, 0.15) is 32.6 Å². The summed E-state index contributed by atoms with van der Waals surface area (Å²) in [5.41, 5.74) is 1.71. The molecular formula is C16H22ClN3O. The lowest BCUT2D eigenvalue weighted by Crippen LogP contribution is -2.27. The van der Waals surface area contributed by atoms with E-state index in [1.54, 1.807) is 0 Å². The van der Waals surface area contributed by atoms with Crippen LogP contribution < -0.4 is 10.6 Å². The molecule has 1 saturated carbocycles. The Morgan fingerprint density at radius 3 is 2.90 bits per heavy atom. The van der Waals surface area contributed by atoms with Crippen molar-refractivity contribution in [2.24, 2.45) is 0 Å². The van der Waals surface area contributed by atoms with Gasteiger partial charge in [-0.2, -0.15) is 0 Å². The van der Waals surface area contributed by atoms with Crippen molar-refractivity contribution in [2.45, 2.75) is 44.7 Å². The maximum Gasteiger partial charge on any atom is 0.224 e. The number of halogens is 1. The highest BCUT2D eigenvalue weighted by Crippen LogP contribution is 2.32. The quantitative estimate of drug-likeness (QED) is 0.877. The van der Waals surface area contributed by atoms with Crippen molar-refractivity contribution in [1.29, 1.82) is 0 Å². The molecular weight excluding hydrogens is 286 g/mol. The second kappa shape index (κ2) is 6.24. The van der Waals surface area contributed by atoms with Gasteiger partial charge in [-0.1, -0.05) is 18.5 Å². The van der Waals surface area contributed by atoms with Gasteiger partial charge in [-0.3, -0.25) is 9.69 Å². The lowest BCUT2D eigenvalue weighted by atomic mass is 10.2. The average molecular weight is 308 g/mol. The van der Waals surface area contributed by atoms with Gasteiger partial charge in [-0.05, 0) is 37.5 Å². The van der Waals surface area contributed by atoms with Crippen molar-refractivity contribution in [3.8, 4) is 0 Å². The van der Waals surface area contributed by atoms with Gasteiger partial charge in [-0.15, -0.1) is 0 Å². The van der Waals surface area contributed by atoms with Crippen LogP contribution in [0.25, 0.3) is 0 Å². The summed E-state index contributed by atoms with van der Waals surface area (Å²) < 4.78 is 0. The van der Waals surface area contributed by atoms with E-state index in [-0.39, 0.29) is 5.91 Å². The van der Waals surface area contributed by atoms with Gasteiger partial charge < -0.3 is 10.6 Å². The van der Waals surface area contributed by atoms with Gasteiger partial charge in [0.2, 0.25) is 5.91 Å². The van der Waals surface area contributed by atoms with Gasteiger partial charge in [-0.25, -0.2) is 0 Å². The molecule has 114 valence electrons. The molecule has 0 bridgehead atoms. The van der Waals surface area contributed by atoms with Gasteiger partial charge in [0.1, 0.15) is 0 Å². The number of likely N-dealkylation sites (tertiary alicyclic amines) is 1. The lowest BCUT2D eigenvalue weighted by molar-refractivity contribution is -0.115. The van der Waals surface area contributed by atoms with Crippen LogP contribution in [0.3, 0.4) is 0 Å². The molecule has 1 aliphatic heterocycles. The van der Waals surface area contributed by atoms with E-state index in [4.69, 9.17) is 11.6 Å². The van der Waals surface area contributed by atoms with Gasteiger partial charge in [0, 0.05) is 37.3 Å². The van der Waals surface area contributed by atoms with Crippen molar-refractivity contribution in [2.75, 3.05) is 23.7 Å². The molecule has 5 heteroatoms. The standard InChI is InChI=1S/C16H22ClN3O/c1-2-16(21)19-11-3-6-14(17)15(9-11)18-12-7-8-20(10-12)13-4-5-13/h3,6,9,12-13,18H,2,4-5,7-8,10H2,1H3,(H,19,21). The molecule has 0 aromatic heterocycles. The molecule has 21 heavy (non-hydrogen) atoms. The molecule has 1 amide bonds. The number of amides is 1. The summed E-state index contributed by atoms with van der Waals surface area (Å²) in [7, 11) is 0. The minimum absolute atomic E-state index is 0.0176. The Morgan fingerprint density at radius 1 is 1.38 bits per heavy atom. The number of carbonyl (C=O) groups excluding carboxylic acids is 1. The van der Waals surface area contributed by atoms with Crippen molar-refractivity contribution < 1.29 is 4.79 Å². The van der Waals surface area contributed by atoms with Gasteiger partial charge in [0.05, 0.1) is 10.7 Å². The molecule has 1 saturated heterocycles. The second-order valence-corrected chi connectivity index (χ2v) is 6.36. The number of nitrogens with zero attached hydrogens (tertiary/aromatic N) is 1. The molecule has 0 radical (unpaired) electrons. The van der Waals surface area contributed by atoms with Gasteiger partial charge >= 0.3 is 0 Å². The second-order valence-electron chi connectivity index (χ2n) is 5.95. The van der Waals surface area contributed by atoms with Crippen LogP contribution in [0.2, 0.25) is 5.02 Å². The molecule has 2 aliphatic rings. The third-order valence-electron chi connectivity index (χ3n) is 4.21. The highest BCUT2D eigenvalue weighted by atomic mass is 35.5. The summed E-state index contributed by atoms with van der Waals surface area (Å²) >= 11 is 6.27. The monoisotopic (exact) mass is 307 g/mol. The molecule has 1 aliphatic carbocycles. The first-order valence-electron chi connectivity index (χ1n) is 7.75. The summed E-state index contributed by atoms with van der Waals surface area (Å²) in [6, 6.07) is 6.87. The zero-order chi connectivity index (χ0) is 14.8. The molecule has 1 aromatic rings. The molecule has 3 rings (SSSR count). The number of benzene rings is 1. The summed E-state index contributed by atoms with van der Waals surface area (Å²) in [4.78, 5) is 14.0. The van der Waals surface area contributed by atoms with Crippen LogP contribution in [0.5, 0.6) is 0 Å². The van der Waals surface area contributed by atoms with Gasteiger partial charge in [0.15, 0.2) is 0 Å². The fourth-order valence-corrected chi connectivity index (χ4v) is 3.03. The van der Waals surface area contributed by atoms with E-state index in [0.717, 1.165) is 30.4 Å². The Hall–Kier alpha value is -1.26. The molecule has 4 nitrogen and oxygen atoms in total. The molecule has 2 N–H and O–H groups in total. The third-order valence-corrected chi connectivity index (χ3v) is 4.54. The summed E-state index contributed by atoms with van der Waals surface area (Å²) in [5.74, 6) is 0.0176. The van der Waals surface area contributed by atoms with Crippen LogP contribution in [0, 0.1) is 0 Å². The van der Waals surface area contributed by atoms with Crippen LogP contribution in [-0.2, 0) is 4.79 Å². The van der Waals surface area contributed by atoms with Crippen molar-refractivity contribution in [3.05, 3.63) is 23.2 Å². The molecule has 2 fully saturated rings. The highest BCUT2D eigenvalue weighted by Gasteiger charge is 2.34.